The molecular formula is C17H24N2O5S. The van der Waals surface area contributed by atoms with Crippen LogP contribution < -0.4 is 5.32 Å². The molecule has 2 rings (SSSR count). The number of thioether (sulfide) groups is 1. The Balaban J connectivity index is 2.16. The third-order valence-corrected chi connectivity index (χ3v) is 6.18. The van der Waals surface area contributed by atoms with E-state index in [9.17, 15) is 14.4 Å². The molecule has 25 heavy (non-hydrogen) atoms. The minimum Gasteiger partial charge on any atom is -0.451 e. The quantitative estimate of drug-likeness (QED) is 0.462. The lowest BCUT2D eigenvalue weighted by atomic mass is 9.82. The SMILES string of the molecule is C#CCOC(=O)[C@]1(C)N2C(=O)[C@@H](NC(=O)OC(C)(C)C)[C@H]2SC1(C)C. The molecule has 0 aromatic rings. The van der Waals surface area contributed by atoms with Crippen molar-refractivity contribution in [1.29, 1.82) is 0 Å². The summed E-state index contributed by atoms with van der Waals surface area (Å²) < 4.78 is 9.70. The molecule has 0 aliphatic carbocycles. The van der Waals surface area contributed by atoms with Crippen LogP contribution in [0.4, 0.5) is 4.79 Å². The van der Waals surface area contributed by atoms with Crippen LogP contribution in [0.3, 0.4) is 0 Å². The molecule has 8 heteroatoms. The predicted octanol–water partition coefficient (Wildman–Crippen LogP) is 1.51. The van der Waals surface area contributed by atoms with Crippen LogP contribution >= 0.6 is 11.8 Å². The van der Waals surface area contributed by atoms with E-state index in [0.717, 1.165) is 0 Å². The average Bonchev–Trinajstić information content (AvgIpc) is 2.66. The Kier molecular flexibility index (Phi) is 4.77. The Morgan fingerprint density at radius 2 is 1.96 bits per heavy atom. The number of amides is 2. The molecule has 138 valence electrons. The van der Waals surface area contributed by atoms with Crippen LogP contribution in [0.2, 0.25) is 0 Å². The van der Waals surface area contributed by atoms with E-state index in [2.05, 4.69) is 11.2 Å². The van der Waals surface area contributed by atoms with E-state index in [-0.39, 0.29) is 17.9 Å². The van der Waals surface area contributed by atoms with E-state index in [4.69, 9.17) is 15.9 Å². The van der Waals surface area contributed by atoms with Crippen LogP contribution in [0.1, 0.15) is 41.5 Å². The minimum absolute atomic E-state index is 0.151. The summed E-state index contributed by atoms with van der Waals surface area (Å²) in [5.41, 5.74) is -1.82. The Morgan fingerprint density at radius 3 is 2.48 bits per heavy atom. The van der Waals surface area contributed by atoms with Gasteiger partial charge in [0.15, 0.2) is 12.1 Å². The number of hydrogen-bond acceptors (Lipinski definition) is 6. The van der Waals surface area contributed by atoms with E-state index in [1.165, 1.54) is 16.7 Å². The number of carbonyl (C=O) groups excluding carboxylic acids is 3. The summed E-state index contributed by atoms with van der Waals surface area (Å²) in [7, 11) is 0. The number of fused-ring (bicyclic) bond motifs is 1. The number of rotatable bonds is 3. The van der Waals surface area contributed by atoms with Crippen molar-refractivity contribution in [3.05, 3.63) is 0 Å². The maximum atomic E-state index is 12.6. The molecular weight excluding hydrogens is 344 g/mol. The van der Waals surface area contributed by atoms with E-state index < -0.39 is 34.0 Å². The summed E-state index contributed by atoms with van der Waals surface area (Å²) in [5, 5.41) is 2.23. The Bertz CT molecular complexity index is 648. The van der Waals surface area contributed by atoms with Crippen molar-refractivity contribution >= 4 is 29.7 Å². The normalized spacial score (nSPS) is 30.0. The first-order chi connectivity index (χ1) is 11.3. The highest BCUT2D eigenvalue weighted by Gasteiger charge is 2.71. The molecule has 3 atom stereocenters. The smallest absolute Gasteiger partial charge is 0.408 e. The van der Waals surface area contributed by atoms with Crippen molar-refractivity contribution in [2.75, 3.05) is 6.61 Å². The third-order valence-electron chi connectivity index (χ3n) is 4.47. The molecule has 2 aliphatic heterocycles. The van der Waals surface area contributed by atoms with Crippen LogP contribution in [0.25, 0.3) is 0 Å². The first-order valence-electron chi connectivity index (χ1n) is 7.96. The number of carbonyl (C=O) groups is 3. The fraction of sp³-hybridized carbons (Fsp3) is 0.706. The van der Waals surface area contributed by atoms with Gasteiger partial charge in [-0.25, -0.2) is 9.59 Å². The summed E-state index contributed by atoms with van der Waals surface area (Å²) in [4.78, 5) is 38.6. The largest absolute Gasteiger partial charge is 0.451 e. The molecule has 0 unspecified atom stereocenters. The molecule has 0 aromatic heterocycles. The molecule has 2 fully saturated rings. The molecule has 2 heterocycles. The first-order valence-corrected chi connectivity index (χ1v) is 8.84. The van der Waals surface area contributed by atoms with E-state index >= 15 is 0 Å². The van der Waals surface area contributed by atoms with E-state index in [1.807, 2.05) is 13.8 Å². The van der Waals surface area contributed by atoms with Gasteiger partial charge in [-0.15, -0.1) is 18.2 Å². The number of nitrogens with zero attached hydrogens (tertiary/aromatic N) is 1. The number of esters is 1. The molecule has 2 saturated heterocycles. The van der Waals surface area contributed by atoms with Crippen LogP contribution in [0, 0.1) is 12.3 Å². The lowest BCUT2D eigenvalue weighted by molar-refractivity contribution is -0.172. The van der Waals surface area contributed by atoms with Gasteiger partial charge in [-0.1, -0.05) is 5.92 Å². The van der Waals surface area contributed by atoms with Crippen LogP contribution in [0.15, 0.2) is 0 Å². The number of nitrogens with one attached hydrogen (secondary N) is 1. The van der Waals surface area contributed by atoms with Crippen molar-refractivity contribution in [2.45, 2.75) is 68.8 Å². The average molecular weight is 368 g/mol. The molecule has 1 N–H and O–H groups in total. The summed E-state index contributed by atoms with van der Waals surface area (Å²) in [5.74, 6) is 1.37. The number of ether oxygens (including phenoxy) is 2. The molecule has 0 saturated carbocycles. The van der Waals surface area contributed by atoms with Crippen molar-refractivity contribution in [3.63, 3.8) is 0 Å². The van der Waals surface area contributed by atoms with Gasteiger partial charge >= 0.3 is 12.1 Å². The number of terminal acetylenes is 1. The summed E-state index contributed by atoms with van der Waals surface area (Å²) in [6, 6.07) is -0.735. The Morgan fingerprint density at radius 1 is 1.36 bits per heavy atom. The number of hydrogen-bond donors (Lipinski definition) is 1. The second kappa shape index (κ2) is 6.13. The number of β-lactam (4-membered cyclic amide) rings is 1. The van der Waals surface area contributed by atoms with Gasteiger partial charge in [-0.05, 0) is 41.5 Å². The Hall–Kier alpha value is -1.88. The first kappa shape index (κ1) is 19.4. The summed E-state index contributed by atoms with van der Waals surface area (Å²) in [6.07, 6.45) is 4.48. The number of alkyl carbamates (subject to hydrolysis) is 1. The fourth-order valence-corrected chi connectivity index (χ4v) is 4.68. The fourth-order valence-electron chi connectivity index (χ4n) is 2.93. The Labute approximate surface area is 152 Å². The van der Waals surface area contributed by atoms with Crippen molar-refractivity contribution in [3.8, 4) is 12.3 Å². The molecule has 0 aromatic carbocycles. The van der Waals surface area contributed by atoms with Crippen LogP contribution in [-0.2, 0) is 19.1 Å². The highest BCUT2D eigenvalue weighted by atomic mass is 32.2. The maximum Gasteiger partial charge on any atom is 0.408 e. The zero-order chi connectivity index (χ0) is 19.2. The maximum absolute atomic E-state index is 12.6. The van der Waals surface area contributed by atoms with Gasteiger partial charge < -0.3 is 19.7 Å². The topological polar surface area (TPSA) is 84.9 Å². The van der Waals surface area contributed by atoms with Gasteiger partial charge in [0.25, 0.3) is 0 Å². The zero-order valence-electron chi connectivity index (χ0n) is 15.3. The highest BCUT2D eigenvalue weighted by Crippen LogP contribution is 2.56. The van der Waals surface area contributed by atoms with Crippen LogP contribution in [-0.4, -0.2) is 56.8 Å². The summed E-state index contributed by atoms with van der Waals surface area (Å²) >= 11 is 1.44. The molecule has 0 spiro atoms. The van der Waals surface area contributed by atoms with Crippen molar-refractivity contribution in [1.82, 2.24) is 10.2 Å². The second-order valence-corrected chi connectivity index (χ2v) is 9.44. The monoisotopic (exact) mass is 368 g/mol. The molecule has 7 nitrogen and oxygen atoms in total. The standard InChI is InChI=1S/C17H24N2O5S/c1-8-9-23-13(21)17(7)16(5,6)25-12-10(11(20)19(12)17)18-14(22)24-15(2,3)4/h1,10,12H,9H2,2-7H3,(H,18,22)/t10-,12-,17+/m1/s1. The van der Waals surface area contributed by atoms with Gasteiger partial charge in [-0.2, -0.15) is 0 Å². The van der Waals surface area contributed by atoms with Crippen molar-refractivity contribution < 1.29 is 23.9 Å². The lowest BCUT2D eigenvalue weighted by Gasteiger charge is -2.48. The predicted molar refractivity (Wildman–Crippen MR) is 93.7 cm³/mol. The minimum atomic E-state index is -1.16. The molecule has 0 bridgehead atoms. The van der Waals surface area contributed by atoms with Crippen molar-refractivity contribution in [2.24, 2.45) is 0 Å². The van der Waals surface area contributed by atoms with Gasteiger partial charge in [0.05, 0.1) is 0 Å². The molecule has 0 radical (unpaired) electrons. The third kappa shape index (κ3) is 3.17. The van der Waals surface area contributed by atoms with Gasteiger partial charge in [-0.3, -0.25) is 4.79 Å². The van der Waals surface area contributed by atoms with Gasteiger partial charge in [0.2, 0.25) is 5.91 Å². The molecule has 2 aliphatic rings. The lowest BCUT2D eigenvalue weighted by Crippen LogP contribution is -2.75. The van der Waals surface area contributed by atoms with E-state index in [0.29, 0.717) is 0 Å². The highest BCUT2D eigenvalue weighted by molar-refractivity contribution is 8.01. The van der Waals surface area contributed by atoms with E-state index in [1.54, 1.807) is 27.7 Å². The zero-order valence-corrected chi connectivity index (χ0v) is 16.2. The second-order valence-electron chi connectivity index (χ2n) is 7.70. The van der Waals surface area contributed by atoms with Crippen LogP contribution in [0.5, 0.6) is 0 Å². The van der Waals surface area contributed by atoms with Gasteiger partial charge in [0, 0.05) is 4.75 Å². The van der Waals surface area contributed by atoms with Gasteiger partial charge in [0.1, 0.15) is 17.0 Å². The summed E-state index contributed by atoms with van der Waals surface area (Å²) in [6.45, 7) is 10.5. The molecule has 2 amide bonds.